The number of carbonyl (C=O) groups is 1. The molecule has 1 aliphatic rings. The number of hydrogen-bond acceptors (Lipinski definition) is 8. The Balaban J connectivity index is 1.39. The number of methoxy groups -OCH3 is 1. The van der Waals surface area contributed by atoms with Gasteiger partial charge in [-0.05, 0) is 60.5 Å². The normalized spacial score (nSPS) is 14.8. The number of ether oxygens (including phenoxy) is 2. The summed E-state index contributed by atoms with van der Waals surface area (Å²) >= 11 is 0. The maximum absolute atomic E-state index is 12.7. The van der Waals surface area contributed by atoms with Crippen molar-refractivity contribution in [3.63, 3.8) is 0 Å². The Morgan fingerprint density at radius 1 is 1.12 bits per heavy atom. The van der Waals surface area contributed by atoms with Crippen molar-refractivity contribution in [2.45, 2.75) is 26.0 Å². The lowest BCUT2D eigenvalue weighted by molar-refractivity contribution is 0.0819. The number of aliphatic hydroxyl groups excluding tert-OH is 1. The lowest BCUT2D eigenvalue weighted by atomic mass is 10.0. The van der Waals surface area contributed by atoms with Crippen LogP contribution in [0.4, 0.5) is 0 Å². The summed E-state index contributed by atoms with van der Waals surface area (Å²) in [6, 6.07) is 16.5. The number of oxime groups is 1. The third-order valence-electron chi connectivity index (χ3n) is 5.25. The fourth-order valence-corrected chi connectivity index (χ4v) is 3.50. The van der Waals surface area contributed by atoms with Gasteiger partial charge in [0.2, 0.25) is 0 Å². The van der Waals surface area contributed by atoms with E-state index in [1.165, 1.54) is 0 Å². The van der Waals surface area contributed by atoms with Crippen LogP contribution >= 0.6 is 0 Å². The van der Waals surface area contributed by atoms with E-state index in [0.717, 1.165) is 22.6 Å². The lowest BCUT2D eigenvalue weighted by Gasteiger charge is -2.11. The zero-order valence-corrected chi connectivity index (χ0v) is 19.0. The minimum absolute atomic E-state index is 0.0379. The van der Waals surface area contributed by atoms with Crippen LogP contribution in [0.25, 0.3) is 0 Å². The molecule has 2 aromatic carbocycles. The molecule has 1 aromatic heterocycles. The number of aryl methyl sites for hydroxylation is 1. The number of nitrogens with zero attached hydrogens (tertiary/aromatic N) is 3. The Bertz CT molecular complexity index is 1160. The van der Waals surface area contributed by atoms with Crippen LogP contribution in [-0.4, -0.2) is 47.0 Å². The molecule has 0 saturated carbocycles. The monoisotopic (exact) mass is 462 g/mol. The van der Waals surface area contributed by atoms with Crippen LogP contribution in [0.3, 0.4) is 0 Å². The maximum Gasteiger partial charge on any atom is 0.270 e. The Hall–Kier alpha value is -3.98. The van der Waals surface area contributed by atoms with E-state index in [9.17, 15) is 4.79 Å². The molecule has 1 aliphatic heterocycles. The molecule has 0 spiro atoms. The summed E-state index contributed by atoms with van der Waals surface area (Å²) in [6.45, 7) is 2.32. The van der Waals surface area contributed by atoms with E-state index < -0.39 is 6.10 Å². The summed E-state index contributed by atoms with van der Waals surface area (Å²) < 4.78 is 10.5. The molecule has 3 aromatic rings. The van der Waals surface area contributed by atoms with Gasteiger partial charge in [0.25, 0.3) is 5.91 Å². The molecular formula is C25H26N4O5. The molecule has 2 heterocycles. The molecule has 34 heavy (non-hydrogen) atoms. The van der Waals surface area contributed by atoms with E-state index in [1.807, 2.05) is 48.5 Å². The Morgan fingerprint density at radius 2 is 1.85 bits per heavy atom. The molecule has 2 N–H and O–H groups in total. The number of hydrogen-bond donors (Lipinski definition) is 2. The molecule has 0 bridgehead atoms. The number of aliphatic hydroxyl groups is 1. The number of rotatable bonds is 9. The lowest BCUT2D eigenvalue weighted by Crippen LogP contribution is -2.24. The second-order valence-corrected chi connectivity index (χ2v) is 7.69. The summed E-state index contributed by atoms with van der Waals surface area (Å²) in [6.07, 6.45) is 0.107. The van der Waals surface area contributed by atoms with Crippen LogP contribution in [-0.2, 0) is 11.4 Å². The van der Waals surface area contributed by atoms with Gasteiger partial charge < -0.3 is 24.7 Å². The fraction of sp³-hybridized carbons (Fsp3) is 0.280. The first-order valence-corrected chi connectivity index (χ1v) is 10.9. The van der Waals surface area contributed by atoms with Crippen molar-refractivity contribution in [2.75, 3.05) is 20.3 Å². The SMILES string of the molecule is COc1ccc(CNC(=O)c2cc(C3CC(c4ccc(OCCO)cc4)=NO3)nc(C)n2)cc1. The van der Waals surface area contributed by atoms with Gasteiger partial charge in [-0.3, -0.25) is 4.79 Å². The summed E-state index contributed by atoms with van der Waals surface area (Å²) in [7, 11) is 1.61. The minimum atomic E-state index is -0.407. The number of amides is 1. The molecular weight excluding hydrogens is 436 g/mol. The van der Waals surface area contributed by atoms with Crippen molar-refractivity contribution in [2.24, 2.45) is 5.16 Å². The zero-order valence-electron chi connectivity index (χ0n) is 19.0. The van der Waals surface area contributed by atoms with Gasteiger partial charge in [-0.25, -0.2) is 9.97 Å². The predicted molar refractivity (Wildman–Crippen MR) is 125 cm³/mol. The highest BCUT2D eigenvalue weighted by Crippen LogP contribution is 2.29. The minimum Gasteiger partial charge on any atom is -0.497 e. The van der Waals surface area contributed by atoms with Gasteiger partial charge in [0, 0.05) is 13.0 Å². The van der Waals surface area contributed by atoms with Crippen LogP contribution in [0.2, 0.25) is 0 Å². The molecule has 9 heteroatoms. The zero-order chi connectivity index (χ0) is 23.9. The van der Waals surface area contributed by atoms with Crippen LogP contribution in [0.1, 0.15) is 45.7 Å². The molecule has 1 unspecified atom stereocenters. The molecule has 1 amide bonds. The van der Waals surface area contributed by atoms with Crippen molar-refractivity contribution in [1.29, 1.82) is 0 Å². The van der Waals surface area contributed by atoms with Crippen molar-refractivity contribution in [1.82, 2.24) is 15.3 Å². The van der Waals surface area contributed by atoms with Gasteiger partial charge in [0.05, 0.1) is 25.1 Å². The van der Waals surface area contributed by atoms with E-state index in [0.29, 0.717) is 30.2 Å². The van der Waals surface area contributed by atoms with Gasteiger partial charge in [-0.2, -0.15) is 0 Å². The first-order chi connectivity index (χ1) is 16.6. The Morgan fingerprint density at radius 3 is 2.56 bits per heavy atom. The van der Waals surface area contributed by atoms with Gasteiger partial charge in [0.1, 0.15) is 29.6 Å². The molecule has 9 nitrogen and oxygen atoms in total. The van der Waals surface area contributed by atoms with Gasteiger partial charge in [0.15, 0.2) is 6.10 Å². The van der Waals surface area contributed by atoms with Gasteiger partial charge in [-0.1, -0.05) is 17.3 Å². The van der Waals surface area contributed by atoms with E-state index in [-0.39, 0.29) is 24.8 Å². The highest BCUT2D eigenvalue weighted by atomic mass is 16.6. The standard InChI is InChI=1S/C25H26N4O5/c1-16-27-22(13-23(28-16)25(31)26-15-17-3-7-19(32-2)8-4-17)24-14-21(29-34-24)18-5-9-20(10-6-18)33-12-11-30/h3-10,13,24,30H,11-12,14-15H2,1-2H3,(H,26,31). The second-order valence-electron chi connectivity index (χ2n) is 7.69. The van der Waals surface area contributed by atoms with E-state index in [1.54, 1.807) is 20.1 Å². The summed E-state index contributed by atoms with van der Waals surface area (Å²) in [5.41, 5.74) is 3.51. The van der Waals surface area contributed by atoms with Crippen molar-refractivity contribution in [3.8, 4) is 11.5 Å². The largest absolute Gasteiger partial charge is 0.497 e. The maximum atomic E-state index is 12.7. The topological polar surface area (TPSA) is 115 Å². The summed E-state index contributed by atoms with van der Waals surface area (Å²) in [5.74, 6) is 1.62. The van der Waals surface area contributed by atoms with Gasteiger partial charge in [-0.15, -0.1) is 0 Å². The average molecular weight is 463 g/mol. The summed E-state index contributed by atoms with van der Waals surface area (Å²) in [5, 5.41) is 16.0. The smallest absolute Gasteiger partial charge is 0.270 e. The van der Waals surface area contributed by atoms with E-state index in [2.05, 4.69) is 20.4 Å². The summed E-state index contributed by atoms with van der Waals surface area (Å²) in [4.78, 5) is 27.1. The Labute approximate surface area is 197 Å². The molecule has 0 fully saturated rings. The molecule has 4 rings (SSSR count). The average Bonchev–Trinajstić information content (AvgIpc) is 3.37. The molecule has 1 atom stereocenters. The third kappa shape index (κ3) is 5.68. The van der Waals surface area contributed by atoms with E-state index >= 15 is 0 Å². The van der Waals surface area contributed by atoms with Crippen molar-refractivity contribution in [3.05, 3.63) is 82.9 Å². The van der Waals surface area contributed by atoms with Crippen LogP contribution in [0.5, 0.6) is 11.5 Å². The second kappa shape index (κ2) is 10.8. The highest BCUT2D eigenvalue weighted by molar-refractivity contribution is 6.01. The molecule has 0 aliphatic carbocycles. The number of benzene rings is 2. The number of aromatic nitrogens is 2. The van der Waals surface area contributed by atoms with Crippen LogP contribution < -0.4 is 14.8 Å². The quantitative estimate of drug-likeness (QED) is 0.502. The highest BCUT2D eigenvalue weighted by Gasteiger charge is 2.26. The predicted octanol–water partition coefficient (Wildman–Crippen LogP) is 2.96. The fourth-order valence-electron chi connectivity index (χ4n) is 3.50. The van der Waals surface area contributed by atoms with Crippen LogP contribution in [0, 0.1) is 6.92 Å². The third-order valence-corrected chi connectivity index (χ3v) is 5.25. The van der Waals surface area contributed by atoms with Gasteiger partial charge >= 0.3 is 0 Å². The molecule has 176 valence electrons. The molecule has 0 saturated heterocycles. The van der Waals surface area contributed by atoms with Crippen molar-refractivity contribution < 1.29 is 24.2 Å². The molecule has 0 radical (unpaired) electrons. The number of carbonyl (C=O) groups excluding carboxylic acids is 1. The number of nitrogens with one attached hydrogen (secondary N) is 1. The van der Waals surface area contributed by atoms with Crippen molar-refractivity contribution >= 4 is 11.6 Å². The van der Waals surface area contributed by atoms with Crippen LogP contribution in [0.15, 0.2) is 59.8 Å². The first kappa shape index (κ1) is 23.2. The first-order valence-electron chi connectivity index (χ1n) is 10.9. The Kier molecular flexibility index (Phi) is 7.34. The van der Waals surface area contributed by atoms with E-state index in [4.69, 9.17) is 19.4 Å².